The average Bonchev–Trinajstić information content (AvgIpc) is 2.49. The molecule has 2 saturated carbocycles. The van der Waals surface area contributed by atoms with Crippen LogP contribution in [0.2, 0.25) is 0 Å². The lowest BCUT2D eigenvalue weighted by molar-refractivity contribution is 0.159. The lowest BCUT2D eigenvalue weighted by Crippen LogP contribution is -2.37. The van der Waals surface area contributed by atoms with E-state index in [0.717, 1.165) is 24.7 Å². The summed E-state index contributed by atoms with van der Waals surface area (Å²) in [7, 11) is 0. The van der Waals surface area contributed by atoms with Gasteiger partial charge >= 0.3 is 6.09 Å². The fraction of sp³-hybridized carbons (Fsp3) is 0.889. The van der Waals surface area contributed by atoms with Gasteiger partial charge in [-0.3, -0.25) is 4.99 Å². The van der Waals surface area contributed by atoms with Gasteiger partial charge < -0.3 is 10.4 Å². The van der Waals surface area contributed by atoms with E-state index in [2.05, 4.69) is 30.9 Å². The Morgan fingerprint density at radius 2 is 1.59 bits per heavy atom. The van der Waals surface area contributed by atoms with Crippen molar-refractivity contribution >= 4 is 12.8 Å². The van der Waals surface area contributed by atoms with Crippen molar-refractivity contribution in [2.24, 2.45) is 22.7 Å². The van der Waals surface area contributed by atoms with E-state index in [4.69, 9.17) is 5.11 Å². The summed E-state index contributed by atoms with van der Waals surface area (Å²) in [6.45, 7) is 8.17. The van der Waals surface area contributed by atoms with Crippen LogP contribution in [0.25, 0.3) is 0 Å². The molecule has 4 nitrogen and oxygen atoms in total. The zero-order valence-electron chi connectivity index (χ0n) is 14.2. The molecule has 0 saturated heterocycles. The Bertz CT molecular complexity index is 379. The standard InChI is InChI=1S/C18H32N2O2/c1-18(2,19-3)15-8-4-13(5-9-15)12-14-6-10-16(11-7-14)20-17(21)22/h13-16,20H,3-12H2,1-2H3,(H,21,22). The van der Waals surface area contributed by atoms with E-state index in [1.165, 1.54) is 44.9 Å². The molecule has 2 aliphatic rings. The quantitative estimate of drug-likeness (QED) is 0.735. The molecule has 0 atom stereocenters. The molecule has 0 radical (unpaired) electrons. The third-order valence-corrected chi connectivity index (χ3v) is 6.09. The highest BCUT2D eigenvalue weighted by molar-refractivity contribution is 5.64. The zero-order chi connectivity index (χ0) is 16.2. The number of carbonyl (C=O) groups is 1. The van der Waals surface area contributed by atoms with Crippen molar-refractivity contribution < 1.29 is 9.90 Å². The molecule has 0 unspecified atom stereocenters. The van der Waals surface area contributed by atoms with E-state index < -0.39 is 6.09 Å². The lowest BCUT2D eigenvalue weighted by Gasteiger charge is -2.38. The van der Waals surface area contributed by atoms with Gasteiger partial charge in [0.2, 0.25) is 0 Å². The van der Waals surface area contributed by atoms with Gasteiger partial charge in [0.15, 0.2) is 0 Å². The van der Waals surface area contributed by atoms with Gasteiger partial charge in [-0.25, -0.2) is 4.79 Å². The first-order chi connectivity index (χ1) is 10.4. The number of carboxylic acid groups (broad SMARTS) is 1. The third-order valence-electron chi connectivity index (χ3n) is 6.09. The van der Waals surface area contributed by atoms with Crippen LogP contribution in [0, 0.1) is 17.8 Å². The largest absolute Gasteiger partial charge is 0.465 e. The molecule has 0 heterocycles. The van der Waals surface area contributed by atoms with Gasteiger partial charge in [-0.15, -0.1) is 0 Å². The van der Waals surface area contributed by atoms with Crippen LogP contribution in [0.3, 0.4) is 0 Å². The Morgan fingerprint density at radius 3 is 2.05 bits per heavy atom. The van der Waals surface area contributed by atoms with Gasteiger partial charge in [0.05, 0.1) is 5.54 Å². The summed E-state index contributed by atoms with van der Waals surface area (Å²) < 4.78 is 0. The second-order valence-electron chi connectivity index (χ2n) is 7.93. The molecule has 2 aliphatic carbocycles. The monoisotopic (exact) mass is 308 g/mol. The van der Waals surface area contributed by atoms with Crippen molar-refractivity contribution in [3.8, 4) is 0 Å². The summed E-state index contributed by atoms with van der Waals surface area (Å²) in [4.78, 5) is 15.0. The second-order valence-corrected chi connectivity index (χ2v) is 7.93. The van der Waals surface area contributed by atoms with Crippen LogP contribution in [-0.2, 0) is 0 Å². The number of amides is 1. The number of nitrogens with one attached hydrogen (secondary N) is 1. The molecule has 0 bridgehead atoms. The number of aliphatic imine (C=N–C) groups is 1. The van der Waals surface area contributed by atoms with Crippen LogP contribution in [0.4, 0.5) is 4.79 Å². The summed E-state index contributed by atoms with van der Waals surface area (Å²) in [5.74, 6) is 2.36. The van der Waals surface area contributed by atoms with Crippen LogP contribution in [-0.4, -0.2) is 29.5 Å². The minimum absolute atomic E-state index is 0.0333. The minimum atomic E-state index is -0.875. The smallest absolute Gasteiger partial charge is 0.404 e. The predicted molar refractivity (Wildman–Crippen MR) is 90.6 cm³/mol. The third kappa shape index (κ3) is 4.72. The average molecular weight is 308 g/mol. The van der Waals surface area contributed by atoms with Gasteiger partial charge in [-0.1, -0.05) is 12.8 Å². The fourth-order valence-electron chi connectivity index (χ4n) is 4.42. The Balaban J connectivity index is 1.69. The van der Waals surface area contributed by atoms with Gasteiger partial charge in [-0.05, 0) is 83.3 Å². The molecular weight excluding hydrogens is 276 g/mol. The normalized spacial score (nSPS) is 33.2. The SMILES string of the molecule is C=NC(C)(C)C1CCC(CC2CCC(NC(=O)O)CC2)CC1. The molecule has 2 N–H and O–H groups in total. The van der Waals surface area contributed by atoms with Crippen molar-refractivity contribution in [1.29, 1.82) is 0 Å². The molecule has 2 rings (SSSR count). The van der Waals surface area contributed by atoms with Crippen molar-refractivity contribution in [2.75, 3.05) is 0 Å². The highest BCUT2D eigenvalue weighted by Crippen LogP contribution is 2.41. The molecule has 0 spiro atoms. The van der Waals surface area contributed by atoms with E-state index in [1.807, 2.05) is 0 Å². The van der Waals surface area contributed by atoms with Gasteiger partial charge in [0.1, 0.15) is 0 Å². The van der Waals surface area contributed by atoms with Crippen LogP contribution >= 0.6 is 0 Å². The van der Waals surface area contributed by atoms with Crippen molar-refractivity contribution in [3.05, 3.63) is 0 Å². The van der Waals surface area contributed by atoms with Gasteiger partial charge in [0.25, 0.3) is 0 Å². The topological polar surface area (TPSA) is 61.7 Å². The maximum atomic E-state index is 10.7. The number of hydrogen-bond acceptors (Lipinski definition) is 2. The Labute approximate surface area is 134 Å². The Hall–Kier alpha value is -1.06. The van der Waals surface area contributed by atoms with Crippen LogP contribution in [0.15, 0.2) is 4.99 Å². The maximum Gasteiger partial charge on any atom is 0.404 e. The summed E-state index contributed by atoms with van der Waals surface area (Å²) in [6, 6.07) is 0.184. The van der Waals surface area contributed by atoms with Crippen molar-refractivity contribution in [3.63, 3.8) is 0 Å². The summed E-state index contributed by atoms with van der Waals surface area (Å²) in [6.07, 6.45) is 10.1. The van der Waals surface area contributed by atoms with Crippen LogP contribution < -0.4 is 5.32 Å². The van der Waals surface area contributed by atoms with E-state index in [0.29, 0.717) is 5.92 Å². The highest BCUT2D eigenvalue weighted by atomic mass is 16.4. The first kappa shape index (κ1) is 17.3. The molecular formula is C18H32N2O2. The molecule has 0 aromatic rings. The summed E-state index contributed by atoms with van der Waals surface area (Å²) in [5.41, 5.74) is 0.0333. The van der Waals surface area contributed by atoms with Crippen molar-refractivity contribution in [2.45, 2.75) is 83.2 Å². The van der Waals surface area contributed by atoms with Crippen LogP contribution in [0.1, 0.15) is 71.6 Å². The second kappa shape index (κ2) is 7.47. The first-order valence-corrected chi connectivity index (χ1v) is 8.88. The number of hydrogen-bond donors (Lipinski definition) is 2. The summed E-state index contributed by atoms with van der Waals surface area (Å²) >= 11 is 0. The molecule has 0 aliphatic heterocycles. The number of nitrogens with zero attached hydrogens (tertiary/aromatic N) is 1. The number of rotatable bonds is 5. The lowest BCUT2D eigenvalue weighted by atomic mass is 9.70. The minimum Gasteiger partial charge on any atom is -0.465 e. The molecule has 1 amide bonds. The zero-order valence-corrected chi connectivity index (χ0v) is 14.2. The molecule has 2 fully saturated rings. The van der Waals surface area contributed by atoms with Crippen LogP contribution in [0.5, 0.6) is 0 Å². The fourth-order valence-corrected chi connectivity index (χ4v) is 4.42. The van der Waals surface area contributed by atoms with E-state index in [-0.39, 0.29) is 11.6 Å². The predicted octanol–water partition coefficient (Wildman–Crippen LogP) is 4.49. The molecule has 0 aromatic heterocycles. The first-order valence-electron chi connectivity index (χ1n) is 8.88. The summed E-state index contributed by atoms with van der Waals surface area (Å²) in [5, 5.41) is 11.4. The van der Waals surface area contributed by atoms with Crippen molar-refractivity contribution in [1.82, 2.24) is 5.32 Å². The van der Waals surface area contributed by atoms with E-state index in [9.17, 15) is 4.79 Å². The van der Waals surface area contributed by atoms with E-state index in [1.54, 1.807) is 0 Å². The molecule has 22 heavy (non-hydrogen) atoms. The Morgan fingerprint density at radius 1 is 1.09 bits per heavy atom. The van der Waals surface area contributed by atoms with Gasteiger partial charge in [0, 0.05) is 6.04 Å². The van der Waals surface area contributed by atoms with Gasteiger partial charge in [-0.2, -0.15) is 0 Å². The molecule has 4 heteroatoms. The molecule has 126 valence electrons. The maximum absolute atomic E-state index is 10.7. The Kier molecular flexibility index (Phi) is 5.87. The molecule has 0 aromatic carbocycles. The highest BCUT2D eigenvalue weighted by Gasteiger charge is 2.33. The van der Waals surface area contributed by atoms with E-state index >= 15 is 0 Å².